The Balaban J connectivity index is 1.34. The number of aryl methyl sites for hydroxylation is 2. The van der Waals surface area contributed by atoms with Crippen LogP contribution in [0, 0.1) is 0 Å². The number of hydrogen-bond acceptors (Lipinski definition) is 3. The summed E-state index contributed by atoms with van der Waals surface area (Å²) in [5.41, 5.74) is 3.82. The molecule has 4 aromatic rings. The van der Waals surface area contributed by atoms with E-state index in [4.69, 9.17) is 5.11 Å². The van der Waals surface area contributed by atoms with Crippen LogP contribution in [0.15, 0.2) is 77.6 Å². The fourth-order valence-corrected chi connectivity index (χ4v) is 4.25. The van der Waals surface area contributed by atoms with Crippen LogP contribution in [0.5, 0.6) is 0 Å². The number of carbonyl (C=O) groups is 1. The molecule has 0 spiro atoms. The van der Waals surface area contributed by atoms with E-state index in [2.05, 4.69) is 43.0 Å². The van der Waals surface area contributed by atoms with Crippen LogP contribution in [0.2, 0.25) is 0 Å². The van der Waals surface area contributed by atoms with Crippen LogP contribution in [0.4, 0.5) is 8.78 Å². The number of carboxylic acids is 1. The van der Waals surface area contributed by atoms with E-state index in [1.807, 2.05) is 36.4 Å². The first-order chi connectivity index (χ1) is 17.9. The third-order valence-corrected chi connectivity index (χ3v) is 6.54. The van der Waals surface area contributed by atoms with Gasteiger partial charge in [-0.25, -0.2) is 14.3 Å². The molecule has 0 saturated carbocycles. The molecule has 0 fully saturated rings. The Hall–Kier alpha value is -4.07. The Labute approximate surface area is 220 Å². The summed E-state index contributed by atoms with van der Waals surface area (Å²) in [6, 6.07) is 21.1. The van der Waals surface area contributed by atoms with Crippen molar-refractivity contribution in [3.63, 3.8) is 0 Å². The van der Waals surface area contributed by atoms with E-state index in [0.717, 1.165) is 35.6 Å². The number of aromatic amines is 1. The molecule has 0 saturated heterocycles. The largest absolute Gasteiger partial charge is 0.477 e. The van der Waals surface area contributed by atoms with Crippen LogP contribution >= 0.6 is 0 Å². The average molecular weight is 520 g/mol. The summed E-state index contributed by atoms with van der Waals surface area (Å²) in [7, 11) is 0. The molecule has 3 aromatic carbocycles. The minimum atomic E-state index is -3.94. The van der Waals surface area contributed by atoms with Gasteiger partial charge in [-0.2, -0.15) is 13.9 Å². The molecule has 0 radical (unpaired) electrons. The van der Waals surface area contributed by atoms with Crippen molar-refractivity contribution in [1.82, 2.24) is 14.8 Å². The minimum absolute atomic E-state index is 0.0694. The van der Waals surface area contributed by atoms with Crippen LogP contribution in [0.1, 0.15) is 55.3 Å². The van der Waals surface area contributed by atoms with Gasteiger partial charge in [0.25, 0.3) is 0 Å². The molecule has 6 nitrogen and oxygen atoms in total. The molecule has 0 aliphatic heterocycles. The van der Waals surface area contributed by atoms with E-state index in [1.54, 1.807) is 6.07 Å². The van der Waals surface area contributed by atoms with E-state index in [1.165, 1.54) is 22.4 Å². The van der Waals surface area contributed by atoms with Crippen LogP contribution in [0.3, 0.4) is 0 Å². The standard InChI is InChI=1S/C30H31F2N3O3/c1-29(2,3)24-16-12-21(13-17-24)19-35-28(38)33-26(34-35)9-4-6-20-10-14-22(15-11-20)23-7-5-8-25(18-23)30(31,32)27(36)37/h5,7-8,10-18H,4,6,9,19H2,1-3H3,(H,36,37)(H,33,34,38). The summed E-state index contributed by atoms with van der Waals surface area (Å²) in [6.07, 6.45) is 2.13. The number of alkyl halides is 2. The van der Waals surface area contributed by atoms with Gasteiger partial charge in [0.2, 0.25) is 0 Å². The molecule has 0 aliphatic carbocycles. The van der Waals surface area contributed by atoms with E-state index in [-0.39, 0.29) is 11.1 Å². The maximum Gasteiger partial charge on any atom is 0.379 e. The molecule has 8 heteroatoms. The summed E-state index contributed by atoms with van der Waals surface area (Å²) >= 11 is 0. The van der Waals surface area contributed by atoms with E-state index in [0.29, 0.717) is 24.4 Å². The van der Waals surface area contributed by atoms with Crippen molar-refractivity contribution in [3.8, 4) is 11.1 Å². The predicted molar refractivity (Wildman–Crippen MR) is 143 cm³/mol. The van der Waals surface area contributed by atoms with Crippen molar-refractivity contribution in [1.29, 1.82) is 0 Å². The number of aliphatic carboxylic acids is 1. The monoisotopic (exact) mass is 519 g/mol. The average Bonchev–Trinajstić information content (AvgIpc) is 3.22. The van der Waals surface area contributed by atoms with Gasteiger partial charge in [0, 0.05) is 12.0 Å². The lowest BCUT2D eigenvalue weighted by atomic mass is 9.87. The lowest BCUT2D eigenvalue weighted by molar-refractivity contribution is -0.166. The molecule has 1 aromatic heterocycles. The van der Waals surface area contributed by atoms with Crippen molar-refractivity contribution < 1.29 is 18.7 Å². The zero-order chi connectivity index (χ0) is 27.5. The maximum absolute atomic E-state index is 13.9. The van der Waals surface area contributed by atoms with Gasteiger partial charge in [-0.3, -0.25) is 4.98 Å². The van der Waals surface area contributed by atoms with Crippen molar-refractivity contribution >= 4 is 5.97 Å². The van der Waals surface area contributed by atoms with Crippen molar-refractivity contribution in [2.75, 3.05) is 0 Å². The van der Waals surface area contributed by atoms with Gasteiger partial charge in [0.05, 0.1) is 6.54 Å². The summed E-state index contributed by atoms with van der Waals surface area (Å²) < 4.78 is 29.2. The SMILES string of the molecule is CC(C)(C)c1ccc(Cn2nc(CCCc3ccc(-c4cccc(C(F)(F)C(=O)O)c4)cc3)[nH]c2=O)cc1. The summed E-state index contributed by atoms with van der Waals surface area (Å²) in [6.45, 7) is 6.88. The second kappa shape index (κ2) is 10.7. The lowest BCUT2D eigenvalue weighted by Gasteiger charge is -2.19. The highest BCUT2D eigenvalue weighted by Gasteiger charge is 2.41. The Morgan fingerprint density at radius 1 is 0.895 bits per heavy atom. The molecule has 0 aliphatic rings. The number of halogens is 2. The van der Waals surface area contributed by atoms with Gasteiger partial charge < -0.3 is 5.11 Å². The van der Waals surface area contributed by atoms with Gasteiger partial charge >= 0.3 is 17.6 Å². The molecule has 2 N–H and O–H groups in total. The fourth-order valence-electron chi connectivity index (χ4n) is 4.25. The van der Waals surface area contributed by atoms with Gasteiger partial charge in [0.1, 0.15) is 5.82 Å². The van der Waals surface area contributed by atoms with Gasteiger partial charge in [-0.15, -0.1) is 0 Å². The summed E-state index contributed by atoms with van der Waals surface area (Å²) in [4.78, 5) is 26.1. The molecule has 0 unspecified atom stereocenters. The third kappa shape index (κ3) is 6.25. The lowest BCUT2D eigenvalue weighted by Crippen LogP contribution is -2.25. The van der Waals surface area contributed by atoms with Crippen LogP contribution in [-0.2, 0) is 35.5 Å². The number of rotatable bonds is 9. The Morgan fingerprint density at radius 2 is 1.55 bits per heavy atom. The Bertz CT molecular complexity index is 1460. The van der Waals surface area contributed by atoms with Crippen molar-refractivity contribution in [3.05, 3.63) is 111 Å². The van der Waals surface area contributed by atoms with E-state index in [9.17, 15) is 18.4 Å². The topological polar surface area (TPSA) is 88.0 Å². The third-order valence-electron chi connectivity index (χ3n) is 6.54. The van der Waals surface area contributed by atoms with Crippen molar-refractivity contribution in [2.24, 2.45) is 0 Å². The Kier molecular flexibility index (Phi) is 7.62. The number of nitrogens with zero attached hydrogens (tertiary/aromatic N) is 2. The first-order valence-corrected chi connectivity index (χ1v) is 12.5. The zero-order valence-corrected chi connectivity index (χ0v) is 21.7. The number of nitrogens with one attached hydrogen (secondary N) is 1. The van der Waals surface area contributed by atoms with Gasteiger partial charge in [-0.1, -0.05) is 87.5 Å². The van der Waals surface area contributed by atoms with Crippen molar-refractivity contribution in [2.45, 2.75) is 57.9 Å². The molecule has 0 bridgehead atoms. The van der Waals surface area contributed by atoms with Crippen LogP contribution < -0.4 is 5.69 Å². The summed E-state index contributed by atoms with van der Waals surface area (Å²) in [5.74, 6) is -5.49. The van der Waals surface area contributed by atoms with Gasteiger partial charge in [0.15, 0.2) is 0 Å². The smallest absolute Gasteiger partial charge is 0.379 e. The number of carboxylic acid groups (broad SMARTS) is 1. The number of H-pyrrole nitrogens is 1. The zero-order valence-electron chi connectivity index (χ0n) is 21.7. The fraction of sp³-hybridized carbons (Fsp3) is 0.300. The Morgan fingerprint density at radius 3 is 2.18 bits per heavy atom. The van der Waals surface area contributed by atoms with E-state index < -0.39 is 17.5 Å². The molecule has 198 valence electrons. The highest BCUT2D eigenvalue weighted by molar-refractivity contribution is 5.78. The molecular formula is C30H31F2N3O3. The van der Waals surface area contributed by atoms with Crippen LogP contribution in [-0.4, -0.2) is 25.8 Å². The van der Waals surface area contributed by atoms with Gasteiger partial charge in [-0.05, 0) is 52.1 Å². The first kappa shape index (κ1) is 27.0. The predicted octanol–water partition coefficient (Wildman–Crippen LogP) is 5.94. The highest BCUT2D eigenvalue weighted by Crippen LogP contribution is 2.31. The molecule has 4 rings (SSSR count). The minimum Gasteiger partial charge on any atom is -0.477 e. The molecule has 0 amide bonds. The highest BCUT2D eigenvalue weighted by atomic mass is 19.3. The van der Waals surface area contributed by atoms with E-state index >= 15 is 0 Å². The molecular weight excluding hydrogens is 488 g/mol. The number of hydrogen-bond donors (Lipinski definition) is 2. The molecule has 1 heterocycles. The number of aromatic nitrogens is 3. The molecule has 0 atom stereocenters. The quantitative estimate of drug-likeness (QED) is 0.287. The number of benzene rings is 3. The molecule has 38 heavy (non-hydrogen) atoms. The van der Waals surface area contributed by atoms with Crippen LogP contribution in [0.25, 0.3) is 11.1 Å². The first-order valence-electron chi connectivity index (χ1n) is 12.5. The second-order valence-corrected chi connectivity index (χ2v) is 10.5. The summed E-state index contributed by atoms with van der Waals surface area (Å²) in [5, 5.41) is 13.2. The second-order valence-electron chi connectivity index (χ2n) is 10.5. The maximum atomic E-state index is 13.9. The normalized spacial score (nSPS) is 12.0.